The summed E-state index contributed by atoms with van der Waals surface area (Å²) in [6.45, 7) is 9.30. The van der Waals surface area contributed by atoms with Crippen LogP contribution in [-0.4, -0.2) is 74.0 Å². The minimum atomic E-state index is 0. The van der Waals surface area contributed by atoms with Crippen LogP contribution in [0, 0.1) is 17.8 Å². The third-order valence-electron chi connectivity index (χ3n) is 5.65. The molecule has 26 heavy (non-hydrogen) atoms. The highest BCUT2D eigenvalue weighted by Crippen LogP contribution is 2.48. The van der Waals surface area contributed by atoms with E-state index in [1.807, 2.05) is 20.9 Å². The van der Waals surface area contributed by atoms with Gasteiger partial charge in [0.05, 0.1) is 6.54 Å². The number of carbonyl (C=O) groups is 1. The number of amides is 1. The molecule has 0 bridgehead atoms. The summed E-state index contributed by atoms with van der Waals surface area (Å²) in [5.41, 5.74) is 0. The maximum absolute atomic E-state index is 11.9. The first-order valence-electron chi connectivity index (χ1n) is 10.0. The van der Waals surface area contributed by atoms with E-state index in [9.17, 15) is 4.79 Å². The van der Waals surface area contributed by atoms with Gasteiger partial charge in [-0.25, -0.2) is 0 Å². The molecule has 7 heteroatoms. The van der Waals surface area contributed by atoms with E-state index in [0.717, 1.165) is 56.4 Å². The maximum Gasteiger partial charge on any atom is 0.234 e. The lowest BCUT2D eigenvalue weighted by atomic mass is 9.98. The number of guanidine groups is 1. The smallest absolute Gasteiger partial charge is 0.234 e. The Morgan fingerprint density at radius 2 is 1.65 bits per heavy atom. The molecule has 3 rings (SSSR count). The van der Waals surface area contributed by atoms with Gasteiger partial charge in [0, 0.05) is 45.8 Å². The maximum atomic E-state index is 11.9. The first kappa shape index (κ1) is 21.7. The number of halogens is 1. The number of hydrogen-bond acceptors (Lipinski definition) is 3. The standard InChI is InChI=1S/C19H35N5O.HI/c1-14(2)22-18(25)13-23-8-10-24(11-9-23)19(20-3)21-12-17(15-4-5-15)16-6-7-16;/h14-17H,4-13H2,1-3H3,(H,20,21)(H,22,25);1H. The number of nitrogens with zero attached hydrogens (tertiary/aromatic N) is 3. The molecule has 2 saturated carbocycles. The van der Waals surface area contributed by atoms with Crippen molar-refractivity contribution in [3.8, 4) is 0 Å². The van der Waals surface area contributed by atoms with E-state index < -0.39 is 0 Å². The third-order valence-corrected chi connectivity index (χ3v) is 5.65. The number of rotatable bonds is 7. The summed E-state index contributed by atoms with van der Waals surface area (Å²) in [4.78, 5) is 21.0. The number of aliphatic imine (C=N–C) groups is 1. The van der Waals surface area contributed by atoms with Crippen LogP contribution in [0.25, 0.3) is 0 Å². The van der Waals surface area contributed by atoms with Gasteiger partial charge in [-0.2, -0.15) is 0 Å². The molecule has 0 aromatic carbocycles. The Balaban J connectivity index is 0.00000243. The molecule has 0 aromatic heterocycles. The minimum Gasteiger partial charge on any atom is -0.356 e. The molecule has 150 valence electrons. The summed E-state index contributed by atoms with van der Waals surface area (Å²) in [6, 6.07) is 0.211. The molecule has 0 radical (unpaired) electrons. The summed E-state index contributed by atoms with van der Waals surface area (Å²) in [5.74, 6) is 3.96. The first-order valence-corrected chi connectivity index (χ1v) is 10.0. The summed E-state index contributed by atoms with van der Waals surface area (Å²) >= 11 is 0. The molecule has 2 aliphatic carbocycles. The van der Waals surface area contributed by atoms with Gasteiger partial charge in [0.15, 0.2) is 5.96 Å². The Labute approximate surface area is 175 Å². The van der Waals surface area contributed by atoms with Crippen LogP contribution in [-0.2, 0) is 4.79 Å². The van der Waals surface area contributed by atoms with E-state index in [0.29, 0.717) is 6.54 Å². The Bertz CT molecular complexity index is 470. The van der Waals surface area contributed by atoms with Gasteiger partial charge < -0.3 is 15.5 Å². The molecule has 1 aliphatic heterocycles. The Kier molecular flexibility index (Phi) is 8.44. The molecule has 1 saturated heterocycles. The van der Waals surface area contributed by atoms with E-state index in [2.05, 4.69) is 25.4 Å². The predicted molar refractivity (Wildman–Crippen MR) is 117 cm³/mol. The summed E-state index contributed by atoms with van der Waals surface area (Å²) in [6.07, 6.45) is 5.72. The van der Waals surface area contributed by atoms with Gasteiger partial charge in [0.25, 0.3) is 0 Å². The van der Waals surface area contributed by atoms with Crippen molar-refractivity contribution in [1.82, 2.24) is 20.4 Å². The van der Waals surface area contributed by atoms with Crippen molar-refractivity contribution < 1.29 is 4.79 Å². The van der Waals surface area contributed by atoms with Crippen LogP contribution in [0.1, 0.15) is 39.5 Å². The van der Waals surface area contributed by atoms with Crippen molar-refractivity contribution in [3.63, 3.8) is 0 Å². The quantitative estimate of drug-likeness (QED) is 0.334. The molecule has 6 nitrogen and oxygen atoms in total. The van der Waals surface area contributed by atoms with Crippen LogP contribution >= 0.6 is 24.0 Å². The number of carbonyl (C=O) groups excluding carboxylic acids is 1. The van der Waals surface area contributed by atoms with Gasteiger partial charge in [0.2, 0.25) is 5.91 Å². The second kappa shape index (κ2) is 10.1. The van der Waals surface area contributed by atoms with Crippen molar-refractivity contribution in [2.24, 2.45) is 22.7 Å². The van der Waals surface area contributed by atoms with E-state index >= 15 is 0 Å². The van der Waals surface area contributed by atoms with Gasteiger partial charge in [-0.15, -0.1) is 24.0 Å². The van der Waals surface area contributed by atoms with Gasteiger partial charge in [-0.1, -0.05) is 0 Å². The molecule has 3 aliphatic rings. The predicted octanol–water partition coefficient (Wildman–Crippen LogP) is 1.76. The van der Waals surface area contributed by atoms with Gasteiger partial charge in [-0.05, 0) is 57.3 Å². The van der Waals surface area contributed by atoms with Crippen LogP contribution in [0.4, 0.5) is 0 Å². The molecule has 2 N–H and O–H groups in total. The van der Waals surface area contributed by atoms with Crippen LogP contribution < -0.4 is 10.6 Å². The molecule has 0 aromatic rings. The third kappa shape index (κ3) is 6.55. The van der Waals surface area contributed by atoms with Gasteiger partial charge >= 0.3 is 0 Å². The average molecular weight is 477 g/mol. The average Bonchev–Trinajstić information content (AvgIpc) is 3.46. The highest BCUT2D eigenvalue weighted by Gasteiger charge is 2.41. The van der Waals surface area contributed by atoms with Gasteiger partial charge in [0.1, 0.15) is 0 Å². The lowest BCUT2D eigenvalue weighted by Crippen LogP contribution is -2.54. The van der Waals surface area contributed by atoms with E-state index in [1.54, 1.807) is 0 Å². The topological polar surface area (TPSA) is 60.0 Å². The molecular formula is C19H36IN5O. The zero-order valence-electron chi connectivity index (χ0n) is 16.5. The van der Waals surface area contributed by atoms with E-state index in [4.69, 9.17) is 0 Å². The molecule has 0 atom stereocenters. The van der Waals surface area contributed by atoms with E-state index in [1.165, 1.54) is 25.7 Å². The fourth-order valence-corrected chi connectivity index (χ4v) is 4.00. The molecule has 0 spiro atoms. The number of nitrogens with one attached hydrogen (secondary N) is 2. The zero-order chi connectivity index (χ0) is 17.8. The lowest BCUT2D eigenvalue weighted by Gasteiger charge is -2.36. The fourth-order valence-electron chi connectivity index (χ4n) is 4.00. The Morgan fingerprint density at radius 3 is 2.12 bits per heavy atom. The minimum absolute atomic E-state index is 0. The number of piperazine rings is 1. The van der Waals surface area contributed by atoms with E-state index in [-0.39, 0.29) is 35.9 Å². The monoisotopic (exact) mass is 477 g/mol. The highest BCUT2D eigenvalue weighted by atomic mass is 127. The fraction of sp³-hybridized carbons (Fsp3) is 0.895. The molecular weight excluding hydrogens is 441 g/mol. The zero-order valence-corrected chi connectivity index (χ0v) is 18.9. The Morgan fingerprint density at radius 1 is 1.08 bits per heavy atom. The van der Waals surface area contributed by atoms with Crippen molar-refractivity contribution in [2.75, 3.05) is 46.3 Å². The van der Waals surface area contributed by atoms with Crippen molar-refractivity contribution in [2.45, 2.75) is 45.6 Å². The first-order chi connectivity index (χ1) is 12.1. The second-order valence-electron chi connectivity index (χ2n) is 8.25. The second-order valence-corrected chi connectivity index (χ2v) is 8.25. The van der Waals surface area contributed by atoms with Crippen molar-refractivity contribution in [1.29, 1.82) is 0 Å². The molecule has 1 amide bonds. The summed E-state index contributed by atoms with van der Waals surface area (Å²) < 4.78 is 0. The van der Waals surface area contributed by atoms with Gasteiger partial charge in [-0.3, -0.25) is 14.7 Å². The van der Waals surface area contributed by atoms with Crippen LogP contribution in [0.15, 0.2) is 4.99 Å². The van der Waals surface area contributed by atoms with Crippen LogP contribution in [0.3, 0.4) is 0 Å². The van der Waals surface area contributed by atoms with Crippen LogP contribution in [0.5, 0.6) is 0 Å². The molecule has 0 unspecified atom stereocenters. The summed E-state index contributed by atoms with van der Waals surface area (Å²) in [5, 5.41) is 6.61. The summed E-state index contributed by atoms with van der Waals surface area (Å²) in [7, 11) is 1.88. The highest BCUT2D eigenvalue weighted by molar-refractivity contribution is 14.0. The molecule has 1 heterocycles. The van der Waals surface area contributed by atoms with Crippen molar-refractivity contribution in [3.05, 3.63) is 0 Å². The SMILES string of the molecule is CN=C(NCC(C1CC1)C1CC1)N1CCN(CC(=O)NC(C)C)CC1.I. The number of hydrogen-bond donors (Lipinski definition) is 2. The molecule has 3 fully saturated rings. The normalized spacial score (nSPS) is 21.7. The van der Waals surface area contributed by atoms with Crippen molar-refractivity contribution >= 4 is 35.8 Å². The lowest BCUT2D eigenvalue weighted by molar-refractivity contribution is -0.123. The Hall–Kier alpha value is -0.570. The largest absolute Gasteiger partial charge is 0.356 e. The van der Waals surface area contributed by atoms with Crippen LogP contribution in [0.2, 0.25) is 0 Å².